The summed E-state index contributed by atoms with van der Waals surface area (Å²) in [7, 11) is 0. The monoisotopic (exact) mass is 380 g/mol. The maximum absolute atomic E-state index is 12.6. The second-order valence-electron chi connectivity index (χ2n) is 6.76. The second kappa shape index (κ2) is 10.0. The average Bonchev–Trinajstić information content (AvgIpc) is 3.32. The fraction of sp³-hybridized carbons (Fsp3) is 0.647. The molecule has 2 heterocycles. The van der Waals surface area contributed by atoms with Crippen LogP contribution >= 0.6 is 0 Å². The molecule has 0 aliphatic carbocycles. The number of unbranched alkanes of at least 4 members (excludes halogenated alkanes) is 1. The van der Waals surface area contributed by atoms with E-state index in [1.807, 2.05) is 0 Å². The number of nitrogens with zero attached hydrogens (tertiary/aromatic N) is 2. The van der Waals surface area contributed by atoms with E-state index < -0.39 is 30.0 Å². The van der Waals surface area contributed by atoms with E-state index in [-0.39, 0.29) is 12.3 Å². The summed E-state index contributed by atoms with van der Waals surface area (Å²) < 4.78 is 0. The third-order valence-electron chi connectivity index (χ3n) is 4.72. The van der Waals surface area contributed by atoms with Gasteiger partial charge < -0.3 is 31.8 Å². The molecule has 0 bridgehead atoms. The van der Waals surface area contributed by atoms with E-state index in [1.165, 1.54) is 17.4 Å². The lowest BCUT2D eigenvalue weighted by atomic mass is 10.1. The quantitative estimate of drug-likeness (QED) is 0.323. The average molecular weight is 380 g/mol. The first-order valence-corrected chi connectivity index (χ1v) is 9.20. The zero-order valence-corrected chi connectivity index (χ0v) is 15.3. The topological polar surface area (TPSA) is 167 Å². The summed E-state index contributed by atoms with van der Waals surface area (Å²) in [6, 6.07) is -2.47. The molecule has 2 amide bonds. The molecule has 1 fully saturated rings. The Morgan fingerprint density at radius 2 is 2.19 bits per heavy atom. The number of hydrogen-bond acceptors (Lipinski definition) is 6. The van der Waals surface area contributed by atoms with E-state index in [0.717, 1.165) is 12.8 Å². The first kappa shape index (κ1) is 20.8. The zero-order valence-electron chi connectivity index (χ0n) is 15.3. The van der Waals surface area contributed by atoms with Crippen LogP contribution in [0.2, 0.25) is 0 Å². The molecule has 1 aromatic rings. The molecule has 150 valence electrons. The van der Waals surface area contributed by atoms with Crippen molar-refractivity contribution >= 4 is 17.8 Å². The van der Waals surface area contributed by atoms with Gasteiger partial charge in [-0.1, -0.05) is 6.42 Å². The molecular weight excluding hydrogens is 352 g/mol. The molecule has 7 N–H and O–H groups in total. The van der Waals surface area contributed by atoms with E-state index in [9.17, 15) is 19.5 Å². The van der Waals surface area contributed by atoms with Gasteiger partial charge in [0.15, 0.2) is 0 Å². The van der Waals surface area contributed by atoms with Gasteiger partial charge in [0.1, 0.15) is 12.1 Å². The molecule has 0 radical (unpaired) electrons. The first-order valence-electron chi connectivity index (χ1n) is 9.20. The molecule has 10 heteroatoms. The molecule has 2 rings (SSSR count). The van der Waals surface area contributed by atoms with Crippen molar-refractivity contribution < 1.29 is 19.5 Å². The highest BCUT2D eigenvalue weighted by molar-refractivity contribution is 5.92. The third-order valence-corrected chi connectivity index (χ3v) is 4.72. The van der Waals surface area contributed by atoms with Crippen molar-refractivity contribution in [3.8, 4) is 0 Å². The lowest BCUT2D eigenvalue weighted by Crippen LogP contribution is -2.54. The number of rotatable bonds is 10. The van der Waals surface area contributed by atoms with Crippen LogP contribution in [0.25, 0.3) is 0 Å². The van der Waals surface area contributed by atoms with Crippen LogP contribution in [-0.2, 0) is 20.8 Å². The number of carboxylic acids is 1. The summed E-state index contributed by atoms with van der Waals surface area (Å²) in [5, 5.41) is 11.9. The molecule has 0 spiro atoms. The zero-order chi connectivity index (χ0) is 19.8. The lowest BCUT2D eigenvalue weighted by molar-refractivity contribution is -0.144. The summed E-state index contributed by atoms with van der Waals surface area (Å²) in [6.45, 7) is 0.988. The fourth-order valence-electron chi connectivity index (χ4n) is 3.23. The van der Waals surface area contributed by atoms with Crippen LogP contribution in [0, 0.1) is 0 Å². The van der Waals surface area contributed by atoms with Gasteiger partial charge >= 0.3 is 5.97 Å². The van der Waals surface area contributed by atoms with Crippen molar-refractivity contribution in [3.63, 3.8) is 0 Å². The largest absolute Gasteiger partial charge is 0.480 e. The van der Waals surface area contributed by atoms with E-state index in [2.05, 4.69) is 15.3 Å². The van der Waals surface area contributed by atoms with Gasteiger partial charge in [-0.3, -0.25) is 9.59 Å². The molecule has 1 aliphatic rings. The van der Waals surface area contributed by atoms with Gasteiger partial charge in [0.05, 0.1) is 12.4 Å². The van der Waals surface area contributed by atoms with Crippen LogP contribution in [0.5, 0.6) is 0 Å². The van der Waals surface area contributed by atoms with Crippen molar-refractivity contribution in [2.45, 2.75) is 56.7 Å². The van der Waals surface area contributed by atoms with Crippen molar-refractivity contribution in [2.75, 3.05) is 13.1 Å². The number of hydrogen-bond donors (Lipinski definition) is 5. The molecule has 1 aliphatic heterocycles. The normalized spacial score (nSPS) is 18.9. The predicted octanol–water partition coefficient (Wildman–Crippen LogP) is -1.03. The number of aromatic nitrogens is 2. The number of imidazole rings is 1. The Hall–Kier alpha value is -2.46. The van der Waals surface area contributed by atoms with Crippen LogP contribution in [0.15, 0.2) is 12.5 Å². The number of nitrogens with two attached hydrogens (primary N) is 2. The standard InChI is InChI=1S/C17H28N6O4/c18-6-2-1-4-12(19)16(25)23-7-3-5-14(23)15(24)22-13(17(26)27)8-11-9-20-10-21-11/h9-10,12-14H,1-8,18-19H2,(H,20,21)(H,22,24)(H,26,27). The number of nitrogens with one attached hydrogen (secondary N) is 2. The second-order valence-corrected chi connectivity index (χ2v) is 6.76. The number of carboxylic acid groups (broad SMARTS) is 1. The molecule has 27 heavy (non-hydrogen) atoms. The van der Waals surface area contributed by atoms with Crippen LogP contribution in [-0.4, -0.2) is 69.0 Å². The summed E-state index contributed by atoms with van der Waals surface area (Å²) >= 11 is 0. The Labute approximate surface area is 157 Å². The third kappa shape index (κ3) is 5.76. The Balaban J connectivity index is 1.96. The summed E-state index contributed by atoms with van der Waals surface area (Å²) in [4.78, 5) is 44.8. The van der Waals surface area contributed by atoms with E-state index in [1.54, 1.807) is 0 Å². The van der Waals surface area contributed by atoms with E-state index >= 15 is 0 Å². The van der Waals surface area contributed by atoms with Crippen LogP contribution in [0.1, 0.15) is 37.8 Å². The van der Waals surface area contributed by atoms with Crippen LogP contribution in [0.3, 0.4) is 0 Å². The van der Waals surface area contributed by atoms with E-state index in [0.29, 0.717) is 38.0 Å². The van der Waals surface area contributed by atoms with Gasteiger partial charge in [-0.25, -0.2) is 9.78 Å². The number of carbonyl (C=O) groups excluding carboxylic acids is 2. The highest BCUT2D eigenvalue weighted by Crippen LogP contribution is 2.19. The maximum atomic E-state index is 12.6. The highest BCUT2D eigenvalue weighted by Gasteiger charge is 2.37. The van der Waals surface area contributed by atoms with E-state index in [4.69, 9.17) is 11.5 Å². The van der Waals surface area contributed by atoms with Crippen molar-refractivity contribution in [3.05, 3.63) is 18.2 Å². The van der Waals surface area contributed by atoms with Gasteiger partial charge in [-0.2, -0.15) is 0 Å². The predicted molar refractivity (Wildman–Crippen MR) is 97.5 cm³/mol. The number of likely N-dealkylation sites (tertiary alicyclic amines) is 1. The number of aliphatic carboxylic acids is 1. The molecule has 3 unspecified atom stereocenters. The van der Waals surface area contributed by atoms with Gasteiger partial charge in [0.2, 0.25) is 11.8 Å². The Morgan fingerprint density at radius 3 is 2.81 bits per heavy atom. The summed E-state index contributed by atoms with van der Waals surface area (Å²) in [5.41, 5.74) is 12.0. The molecule has 10 nitrogen and oxygen atoms in total. The van der Waals surface area contributed by atoms with Crippen molar-refractivity contribution in [1.29, 1.82) is 0 Å². The van der Waals surface area contributed by atoms with Gasteiger partial charge in [0, 0.05) is 24.9 Å². The summed E-state index contributed by atoms with van der Waals surface area (Å²) in [5.74, 6) is -1.89. The molecule has 1 aromatic heterocycles. The minimum absolute atomic E-state index is 0.0837. The molecule has 3 atom stereocenters. The van der Waals surface area contributed by atoms with Gasteiger partial charge in [-0.15, -0.1) is 0 Å². The smallest absolute Gasteiger partial charge is 0.326 e. The Bertz CT molecular complexity index is 635. The fourth-order valence-corrected chi connectivity index (χ4v) is 3.23. The minimum Gasteiger partial charge on any atom is -0.480 e. The SMILES string of the molecule is NCCCCC(N)C(=O)N1CCCC1C(=O)NC(Cc1cnc[nH]1)C(=O)O. The Kier molecular flexibility index (Phi) is 7.74. The molecule has 0 aromatic carbocycles. The number of amides is 2. The highest BCUT2D eigenvalue weighted by atomic mass is 16.4. The number of aromatic amines is 1. The van der Waals surface area contributed by atoms with Crippen molar-refractivity contribution in [1.82, 2.24) is 20.2 Å². The maximum Gasteiger partial charge on any atom is 0.326 e. The molecular formula is C17H28N6O4. The molecule has 0 saturated carbocycles. The summed E-state index contributed by atoms with van der Waals surface area (Å²) in [6.07, 6.45) is 6.26. The number of carbonyl (C=O) groups is 3. The van der Waals surface area contributed by atoms with Gasteiger partial charge in [0.25, 0.3) is 0 Å². The Morgan fingerprint density at radius 1 is 1.41 bits per heavy atom. The van der Waals surface area contributed by atoms with Crippen LogP contribution < -0.4 is 16.8 Å². The van der Waals surface area contributed by atoms with Crippen LogP contribution in [0.4, 0.5) is 0 Å². The minimum atomic E-state index is -1.15. The first-order chi connectivity index (χ1) is 12.9. The van der Waals surface area contributed by atoms with Crippen molar-refractivity contribution in [2.24, 2.45) is 11.5 Å². The number of H-pyrrole nitrogens is 1. The van der Waals surface area contributed by atoms with Gasteiger partial charge in [-0.05, 0) is 32.2 Å². The lowest BCUT2D eigenvalue weighted by Gasteiger charge is -2.27. The molecule has 1 saturated heterocycles.